The summed E-state index contributed by atoms with van der Waals surface area (Å²) in [5, 5.41) is 0. The van der Waals surface area contributed by atoms with Gasteiger partial charge in [-0.15, -0.1) is 0 Å². The highest BCUT2D eigenvalue weighted by atomic mass is 16.1. The lowest BCUT2D eigenvalue weighted by molar-refractivity contribution is -0.110. The zero-order valence-electron chi connectivity index (χ0n) is 4.68. The Labute approximate surface area is 48.4 Å². The van der Waals surface area contributed by atoms with Crippen LogP contribution in [-0.2, 0) is 4.79 Å². The van der Waals surface area contributed by atoms with Crippen LogP contribution < -0.4 is 10.9 Å². The quantitative estimate of drug-likeness (QED) is 0.449. The zero-order valence-corrected chi connectivity index (χ0v) is 4.68. The Bertz CT molecular complexity index is 78.5. The van der Waals surface area contributed by atoms with E-state index in [0.717, 1.165) is 25.7 Å². The van der Waals surface area contributed by atoms with E-state index in [2.05, 4.69) is 10.9 Å². The van der Waals surface area contributed by atoms with Gasteiger partial charge in [0.15, 0.2) is 0 Å². The van der Waals surface area contributed by atoms with Gasteiger partial charge in [-0.2, -0.15) is 0 Å². The van der Waals surface area contributed by atoms with Crippen LogP contribution in [0, 0.1) is 0 Å². The van der Waals surface area contributed by atoms with E-state index in [0.29, 0.717) is 0 Å². The molecule has 0 saturated carbocycles. The fourth-order valence-electron chi connectivity index (χ4n) is 0.788. The van der Waals surface area contributed by atoms with Crippen molar-refractivity contribution >= 4 is 6.29 Å². The van der Waals surface area contributed by atoms with Crippen molar-refractivity contribution in [2.45, 2.75) is 18.9 Å². The predicted octanol–water partition coefficient (Wildman–Crippen LogP) is -0.558. The van der Waals surface area contributed by atoms with Gasteiger partial charge in [-0.05, 0) is 12.8 Å². The second-order valence-electron chi connectivity index (χ2n) is 1.96. The fraction of sp³-hybridized carbons (Fsp3) is 0.800. The van der Waals surface area contributed by atoms with E-state index < -0.39 is 0 Å². The summed E-state index contributed by atoms with van der Waals surface area (Å²) in [6.07, 6.45) is 3.00. The van der Waals surface area contributed by atoms with E-state index in [-0.39, 0.29) is 6.04 Å². The SMILES string of the molecule is O=CC1CCCNN1. The monoisotopic (exact) mass is 114 g/mol. The average Bonchev–Trinajstić information content (AvgIpc) is 1.90. The minimum atomic E-state index is 0.0451. The standard InChI is InChI=1S/C5H10N2O/c8-4-5-2-1-3-6-7-5/h4-7H,1-3H2. The van der Waals surface area contributed by atoms with Crippen LogP contribution >= 0.6 is 0 Å². The van der Waals surface area contributed by atoms with Crippen molar-refractivity contribution in [2.24, 2.45) is 0 Å². The summed E-state index contributed by atoms with van der Waals surface area (Å²) in [7, 11) is 0. The lowest BCUT2D eigenvalue weighted by Gasteiger charge is -2.18. The molecule has 0 radical (unpaired) electrons. The Morgan fingerprint density at radius 1 is 1.62 bits per heavy atom. The van der Waals surface area contributed by atoms with E-state index in [9.17, 15) is 4.79 Å². The predicted molar refractivity (Wildman–Crippen MR) is 30.2 cm³/mol. The minimum Gasteiger partial charge on any atom is -0.302 e. The molecule has 0 aromatic rings. The first-order valence-corrected chi connectivity index (χ1v) is 2.87. The van der Waals surface area contributed by atoms with Gasteiger partial charge >= 0.3 is 0 Å². The Morgan fingerprint density at radius 3 is 2.88 bits per heavy atom. The third-order valence-electron chi connectivity index (χ3n) is 1.27. The number of hydrogen-bond donors (Lipinski definition) is 2. The maximum Gasteiger partial charge on any atom is 0.138 e. The minimum absolute atomic E-state index is 0.0451. The lowest BCUT2D eigenvalue weighted by Crippen LogP contribution is -2.46. The molecule has 0 aromatic carbocycles. The Balaban J connectivity index is 2.22. The van der Waals surface area contributed by atoms with E-state index in [1.165, 1.54) is 0 Å². The third-order valence-corrected chi connectivity index (χ3v) is 1.27. The van der Waals surface area contributed by atoms with Crippen LogP contribution in [0.3, 0.4) is 0 Å². The molecule has 1 heterocycles. The van der Waals surface area contributed by atoms with Crippen LogP contribution in [0.5, 0.6) is 0 Å². The average molecular weight is 114 g/mol. The molecule has 3 heteroatoms. The largest absolute Gasteiger partial charge is 0.302 e. The molecule has 1 atom stereocenters. The van der Waals surface area contributed by atoms with Gasteiger partial charge < -0.3 is 4.79 Å². The van der Waals surface area contributed by atoms with E-state index in [1.54, 1.807) is 0 Å². The summed E-state index contributed by atoms with van der Waals surface area (Å²) in [5.41, 5.74) is 5.76. The summed E-state index contributed by atoms with van der Waals surface area (Å²) in [4.78, 5) is 10.1. The number of rotatable bonds is 1. The summed E-state index contributed by atoms with van der Waals surface area (Å²) in [6, 6.07) is 0.0451. The number of nitrogens with one attached hydrogen (secondary N) is 2. The van der Waals surface area contributed by atoms with Crippen molar-refractivity contribution < 1.29 is 4.79 Å². The molecule has 1 saturated heterocycles. The van der Waals surface area contributed by atoms with Crippen LogP contribution in [0.25, 0.3) is 0 Å². The molecular formula is C5H10N2O. The van der Waals surface area contributed by atoms with Gasteiger partial charge in [0.05, 0.1) is 6.04 Å². The van der Waals surface area contributed by atoms with Crippen molar-refractivity contribution in [1.82, 2.24) is 10.9 Å². The number of aldehydes is 1. The van der Waals surface area contributed by atoms with Crippen molar-refractivity contribution in [3.05, 3.63) is 0 Å². The van der Waals surface area contributed by atoms with Crippen LogP contribution in [0.1, 0.15) is 12.8 Å². The maximum absolute atomic E-state index is 10.1. The summed E-state index contributed by atoms with van der Waals surface area (Å²) in [5.74, 6) is 0. The molecule has 1 aliphatic rings. The molecule has 1 aliphatic heterocycles. The second-order valence-corrected chi connectivity index (χ2v) is 1.96. The molecule has 1 unspecified atom stereocenters. The fourth-order valence-corrected chi connectivity index (χ4v) is 0.788. The van der Waals surface area contributed by atoms with Gasteiger partial charge in [0.1, 0.15) is 6.29 Å². The number of hydrogen-bond acceptors (Lipinski definition) is 3. The molecule has 0 spiro atoms. The van der Waals surface area contributed by atoms with Crippen molar-refractivity contribution in [3.63, 3.8) is 0 Å². The Kier molecular flexibility index (Phi) is 2.00. The molecule has 0 aliphatic carbocycles. The maximum atomic E-state index is 10.1. The number of carbonyl (C=O) groups excluding carboxylic acids is 1. The Morgan fingerprint density at radius 2 is 2.50 bits per heavy atom. The first-order chi connectivity index (χ1) is 3.93. The molecule has 0 aromatic heterocycles. The van der Waals surface area contributed by atoms with Crippen molar-refractivity contribution in [1.29, 1.82) is 0 Å². The highest BCUT2D eigenvalue weighted by Crippen LogP contribution is 1.95. The topological polar surface area (TPSA) is 41.1 Å². The lowest BCUT2D eigenvalue weighted by atomic mass is 10.1. The van der Waals surface area contributed by atoms with Crippen LogP contribution in [-0.4, -0.2) is 18.9 Å². The van der Waals surface area contributed by atoms with Gasteiger partial charge in [-0.1, -0.05) is 0 Å². The number of carbonyl (C=O) groups is 1. The molecular weight excluding hydrogens is 104 g/mol. The molecule has 0 bridgehead atoms. The number of hydrazine groups is 1. The second kappa shape index (κ2) is 2.79. The third kappa shape index (κ3) is 1.28. The van der Waals surface area contributed by atoms with Crippen molar-refractivity contribution in [2.75, 3.05) is 6.54 Å². The highest BCUT2D eigenvalue weighted by Gasteiger charge is 2.08. The first-order valence-electron chi connectivity index (χ1n) is 2.87. The van der Waals surface area contributed by atoms with E-state index in [1.807, 2.05) is 0 Å². The molecule has 46 valence electrons. The molecule has 1 rings (SSSR count). The summed E-state index contributed by atoms with van der Waals surface area (Å²) in [6.45, 7) is 0.977. The van der Waals surface area contributed by atoms with E-state index in [4.69, 9.17) is 0 Å². The smallest absolute Gasteiger partial charge is 0.138 e. The summed E-state index contributed by atoms with van der Waals surface area (Å²) < 4.78 is 0. The summed E-state index contributed by atoms with van der Waals surface area (Å²) >= 11 is 0. The molecule has 3 nitrogen and oxygen atoms in total. The first kappa shape index (κ1) is 5.72. The van der Waals surface area contributed by atoms with Gasteiger partial charge in [0, 0.05) is 6.54 Å². The van der Waals surface area contributed by atoms with Gasteiger partial charge in [-0.25, -0.2) is 5.43 Å². The van der Waals surface area contributed by atoms with Crippen molar-refractivity contribution in [3.8, 4) is 0 Å². The highest BCUT2D eigenvalue weighted by molar-refractivity contribution is 5.57. The molecule has 0 amide bonds. The molecule has 8 heavy (non-hydrogen) atoms. The van der Waals surface area contributed by atoms with Gasteiger partial charge in [-0.3, -0.25) is 5.43 Å². The van der Waals surface area contributed by atoms with Crippen LogP contribution in [0.15, 0.2) is 0 Å². The van der Waals surface area contributed by atoms with Gasteiger partial charge in [0.25, 0.3) is 0 Å². The Hall–Kier alpha value is -0.410. The van der Waals surface area contributed by atoms with E-state index >= 15 is 0 Å². The van der Waals surface area contributed by atoms with Crippen LogP contribution in [0.2, 0.25) is 0 Å². The molecule has 1 fully saturated rings. The normalized spacial score (nSPS) is 29.8. The molecule has 2 N–H and O–H groups in total. The van der Waals surface area contributed by atoms with Gasteiger partial charge in [0.2, 0.25) is 0 Å². The zero-order chi connectivity index (χ0) is 5.82. The van der Waals surface area contributed by atoms with Crippen LogP contribution in [0.4, 0.5) is 0 Å².